The Bertz CT molecular complexity index is 1420. The van der Waals surface area contributed by atoms with Gasteiger partial charge < -0.3 is 15.1 Å². The molecule has 0 saturated heterocycles. The Hall–Kier alpha value is -4.08. The Labute approximate surface area is 200 Å². The lowest BCUT2D eigenvalue weighted by Gasteiger charge is -2.10. The molecule has 0 bridgehead atoms. The van der Waals surface area contributed by atoms with E-state index >= 15 is 0 Å². The SMILES string of the molecule is O=C(Nc1cccc(NC(=O)c2ccco2)c1)c1ccc(S(=O)(=O)Nc2ccc(Cl)cc2)cc1. The van der Waals surface area contributed by atoms with Crippen LogP contribution in [-0.2, 0) is 10.0 Å². The molecule has 0 radical (unpaired) electrons. The molecule has 1 heterocycles. The summed E-state index contributed by atoms with van der Waals surface area (Å²) in [5.41, 5.74) is 1.54. The minimum absolute atomic E-state index is 0.00151. The minimum atomic E-state index is -3.84. The van der Waals surface area contributed by atoms with Crippen LogP contribution in [0.2, 0.25) is 5.02 Å². The fraction of sp³-hybridized carbons (Fsp3) is 0. The fourth-order valence-corrected chi connectivity index (χ4v) is 4.18. The normalized spacial score (nSPS) is 11.0. The Balaban J connectivity index is 1.42. The molecule has 4 aromatic rings. The predicted octanol–water partition coefficient (Wildman–Crippen LogP) is 5.24. The van der Waals surface area contributed by atoms with Crippen LogP contribution >= 0.6 is 11.6 Å². The highest BCUT2D eigenvalue weighted by Crippen LogP contribution is 2.20. The second-order valence-electron chi connectivity index (χ2n) is 7.10. The first-order chi connectivity index (χ1) is 16.3. The van der Waals surface area contributed by atoms with E-state index in [0.29, 0.717) is 22.1 Å². The summed E-state index contributed by atoms with van der Waals surface area (Å²) in [5.74, 6) is -0.698. The van der Waals surface area contributed by atoms with Gasteiger partial charge in [0.25, 0.3) is 21.8 Å². The number of rotatable bonds is 7. The van der Waals surface area contributed by atoms with Crippen LogP contribution in [0.5, 0.6) is 0 Å². The molecular formula is C24H18ClN3O5S. The second kappa shape index (κ2) is 9.82. The molecule has 0 spiro atoms. The molecular weight excluding hydrogens is 478 g/mol. The number of carbonyl (C=O) groups excluding carboxylic acids is 2. The maximum Gasteiger partial charge on any atom is 0.291 e. The molecule has 0 unspecified atom stereocenters. The number of amides is 2. The van der Waals surface area contributed by atoms with Gasteiger partial charge in [0.15, 0.2) is 5.76 Å². The first kappa shape index (κ1) is 23.1. The predicted molar refractivity (Wildman–Crippen MR) is 130 cm³/mol. The van der Waals surface area contributed by atoms with Gasteiger partial charge in [0, 0.05) is 27.6 Å². The molecule has 10 heteroatoms. The van der Waals surface area contributed by atoms with Gasteiger partial charge in [-0.2, -0.15) is 0 Å². The van der Waals surface area contributed by atoms with Crippen molar-refractivity contribution in [3.05, 3.63) is 108 Å². The van der Waals surface area contributed by atoms with Gasteiger partial charge in [0.2, 0.25) is 0 Å². The molecule has 1 aromatic heterocycles. The van der Waals surface area contributed by atoms with Crippen LogP contribution < -0.4 is 15.4 Å². The standard InChI is InChI=1S/C24H18ClN3O5S/c25-17-8-10-18(11-9-17)28-34(31,32)21-12-6-16(7-13-21)23(29)26-19-3-1-4-20(15-19)27-24(30)22-5-2-14-33-22/h1-15,28H,(H,26,29)(H,27,30). The third-order valence-corrected chi connectivity index (χ3v) is 6.30. The van der Waals surface area contributed by atoms with Crippen molar-refractivity contribution >= 4 is 50.5 Å². The topological polar surface area (TPSA) is 118 Å². The van der Waals surface area contributed by atoms with Gasteiger partial charge in [-0.3, -0.25) is 14.3 Å². The monoisotopic (exact) mass is 495 g/mol. The largest absolute Gasteiger partial charge is 0.459 e. The zero-order valence-corrected chi connectivity index (χ0v) is 19.1. The van der Waals surface area contributed by atoms with Crippen molar-refractivity contribution in [1.29, 1.82) is 0 Å². The molecule has 0 aliphatic heterocycles. The van der Waals surface area contributed by atoms with E-state index < -0.39 is 21.8 Å². The van der Waals surface area contributed by atoms with E-state index in [0.717, 1.165) is 0 Å². The second-order valence-corrected chi connectivity index (χ2v) is 9.22. The van der Waals surface area contributed by atoms with Gasteiger partial charge >= 0.3 is 0 Å². The van der Waals surface area contributed by atoms with Crippen LogP contribution in [0, 0.1) is 0 Å². The average Bonchev–Trinajstić information content (AvgIpc) is 3.36. The zero-order valence-electron chi connectivity index (χ0n) is 17.5. The maximum atomic E-state index is 12.6. The van der Waals surface area contributed by atoms with E-state index in [2.05, 4.69) is 15.4 Å². The molecule has 4 rings (SSSR count). The molecule has 8 nitrogen and oxygen atoms in total. The number of anilines is 3. The van der Waals surface area contributed by atoms with E-state index in [1.807, 2.05) is 0 Å². The molecule has 0 atom stereocenters. The average molecular weight is 496 g/mol. The molecule has 2 amide bonds. The fourth-order valence-electron chi connectivity index (χ4n) is 3.00. The lowest BCUT2D eigenvalue weighted by molar-refractivity contribution is 0.0995. The maximum absolute atomic E-state index is 12.6. The van der Waals surface area contributed by atoms with Crippen molar-refractivity contribution in [2.75, 3.05) is 15.4 Å². The van der Waals surface area contributed by atoms with Crippen molar-refractivity contribution < 1.29 is 22.4 Å². The van der Waals surface area contributed by atoms with Crippen molar-refractivity contribution in [2.24, 2.45) is 0 Å². The third kappa shape index (κ3) is 5.64. The quantitative estimate of drug-likeness (QED) is 0.324. The highest BCUT2D eigenvalue weighted by molar-refractivity contribution is 7.92. The van der Waals surface area contributed by atoms with Gasteiger partial charge in [-0.05, 0) is 78.9 Å². The highest BCUT2D eigenvalue weighted by Gasteiger charge is 2.16. The van der Waals surface area contributed by atoms with E-state index in [4.69, 9.17) is 16.0 Å². The summed E-state index contributed by atoms with van der Waals surface area (Å²) in [6, 6.07) is 21.5. The summed E-state index contributed by atoms with van der Waals surface area (Å²) in [6.07, 6.45) is 1.40. The van der Waals surface area contributed by atoms with E-state index in [1.165, 1.54) is 36.6 Å². The van der Waals surface area contributed by atoms with Crippen LogP contribution in [0.25, 0.3) is 0 Å². The number of hydrogen-bond acceptors (Lipinski definition) is 5. The summed E-state index contributed by atoms with van der Waals surface area (Å²) in [4.78, 5) is 24.7. The van der Waals surface area contributed by atoms with Crippen LogP contribution in [0.4, 0.5) is 17.1 Å². The molecule has 0 aliphatic carbocycles. The number of nitrogens with one attached hydrogen (secondary N) is 3. The van der Waals surface area contributed by atoms with Crippen molar-refractivity contribution in [3.63, 3.8) is 0 Å². The van der Waals surface area contributed by atoms with Crippen molar-refractivity contribution in [1.82, 2.24) is 0 Å². The summed E-state index contributed by atoms with van der Waals surface area (Å²) in [5, 5.41) is 5.89. The van der Waals surface area contributed by atoms with Crippen LogP contribution in [0.1, 0.15) is 20.9 Å². The van der Waals surface area contributed by atoms with E-state index in [1.54, 1.807) is 54.6 Å². The molecule has 0 saturated carbocycles. The molecule has 34 heavy (non-hydrogen) atoms. The Morgan fingerprint density at radius 3 is 2.00 bits per heavy atom. The number of halogens is 1. The van der Waals surface area contributed by atoms with Gasteiger partial charge in [-0.1, -0.05) is 17.7 Å². The van der Waals surface area contributed by atoms with Crippen LogP contribution in [-0.4, -0.2) is 20.2 Å². The lowest BCUT2D eigenvalue weighted by atomic mass is 10.2. The number of carbonyl (C=O) groups is 2. The first-order valence-corrected chi connectivity index (χ1v) is 11.8. The van der Waals surface area contributed by atoms with Gasteiger partial charge in [-0.15, -0.1) is 0 Å². The smallest absolute Gasteiger partial charge is 0.291 e. The summed E-state index contributed by atoms with van der Waals surface area (Å²) in [7, 11) is -3.84. The number of benzene rings is 3. The number of hydrogen-bond donors (Lipinski definition) is 3. The van der Waals surface area contributed by atoms with Crippen molar-refractivity contribution in [3.8, 4) is 0 Å². The highest BCUT2D eigenvalue weighted by atomic mass is 35.5. The Morgan fingerprint density at radius 1 is 0.735 bits per heavy atom. The summed E-state index contributed by atoms with van der Waals surface area (Å²) in [6.45, 7) is 0. The molecule has 0 aliphatic rings. The summed E-state index contributed by atoms with van der Waals surface area (Å²) >= 11 is 5.82. The molecule has 3 N–H and O–H groups in total. The summed E-state index contributed by atoms with van der Waals surface area (Å²) < 4.78 is 32.7. The first-order valence-electron chi connectivity index (χ1n) is 9.95. The Kier molecular flexibility index (Phi) is 6.67. The van der Waals surface area contributed by atoms with E-state index in [-0.39, 0.29) is 16.2 Å². The van der Waals surface area contributed by atoms with Crippen molar-refractivity contribution in [2.45, 2.75) is 4.90 Å². The molecule has 0 fully saturated rings. The van der Waals surface area contributed by atoms with Gasteiger partial charge in [0.05, 0.1) is 11.2 Å². The van der Waals surface area contributed by atoms with Crippen LogP contribution in [0.15, 0.2) is 101 Å². The third-order valence-electron chi connectivity index (χ3n) is 4.65. The lowest BCUT2D eigenvalue weighted by Crippen LogP contribution is -2.15. The zero-order chi connectivity index (χ0) is 24.1. The molecule has 3 aromatic carbocycles. The van der Waals surface area contributed by atoms with Crippen LogP contribution in [0.3, 0.4) is 0 Å². The van der Waals surface area contributed by atoms with E-state index in [9.17, 15) is 18.0 Å². The minimum Gasteiger partial charge on any atom is -0.459 e. The van der Waals surface area contributed by atoms with Gasteiger partial charge in [0.1, 0.15) is 0 Å². The number of furan rings is 1. The van der Waals surface area contributed by atoms with Gasteiger partial charge in [-0.25, -0.2) is 8.42 Å². The molecule has 172 valence electrons. The number of sulfonamides is 1. The Morgan fingerprint density at radius 2 is 1.38 bits per heavy atom.